The topological polar surface area (TPSA) is 79.8 Å². The normalized spacial score (nSPS) is 14.3. The highest BCUT2D eigenvalue weighted by atomic mass is 16.2. The molecule has 1 aliphatic carbocycles. The van der Waals surface area contributed by atoms with Crippen LogP contribution in [0.15, 0.2) is 41.3 Å². The van der Waals surface area contributed by atoms with E-state index in [2.05, 4.69) is 21.5 Å². The highest BCUT2D eigenvalue weighted by molar-refractivity contribution is 5.83. The molecule has 0 fully saturated rings. The van der Waals surface area contributed by atoms with Crippen LogP contribution in [0, 0.1) is 0 Å². The Morgan fingerprint density at radius 2 is 2.19 bits per heavy atom. The fraction of sp³-hybridized carbons (Fsp3) is 0.350. The number of para-hydroxylation sites is 1. The molecule has 6 nitrogen and oxygen atoms in total. The van der Waals surface area contributed by atoms with Gasteiger partial charge in [0.05, 0.1) is 5.69 Å². The molecule has 1 aromatic carbocycles. The van der Waals surface area contributed by atoms with Gasteiger partial charge >= 0.3 is 0 Å². The SMILES string of the molecule is CC(C(=O)NCCc1c[nH]c2ccccc12)n1nc2c(cc1=O)CCC2. The van der Waals surface area contributed by atoms with Gasteiger partial charge in [-0.05, 0) is 49.8 Å². The molecule has 2 aromatic heterocycles. The lowest BCUT2D eigenvalue weighted by Gasteiger charge is -2.15. The number of carbonyl (C=O) groups is 1. The monoisotopic (exact) mass is 350 g/mol. The molecule has 6 heteroatoms. The minimum Gasteiger partial charge on any atom is -0.361 e. The molecule has 26 heavy (non-hydrogen) atoms. The first-order valence-corrected chi connectivity index (χ1v) is 9.08. The van der Waals surface area contributed by atoms with Crippen molar-refractivity contribution in [2.75, 3.05) is 6.54 Å². The average molecular weight is 350 g/mol. The van der Waals surface area contributed by atoms with E-state index in [1.807, 2.05) is 24.4 Å². The number of aromatic nitrogens is 3. The van der Waals surface area contributed by atoms with E-state index in [1.54, 1.807) is 13.0 Å². The molecule has 0 saturated heterocycles. The van der Waals surface area contributed by atoms with Crippen LogP contribution < -0.4 is 10.9 Å². The van der Waals surface area contributed by atoms with E-state index in [4.69, 9.17) is 0 Å². The molecular weight excluding hydrogens is 328 g/mol. The Bertz CT molecular complexity index is 1020. The number of aryl methyl sites for hydroxylation is 2. The summed E-state index contributed by atoms with van der Waals surface area (Å²) in [6.45, 7) is 2.24. The maximum absolute atomic E-state index is 12.5. The number of aromatic amines is 1. The predicted octanol–water partition coefficient (Wildman–Crippen LogP) is 2.13. The Morgan fingerprint density at radius 3 is 3.08 bits per heavy atom. The summed E-state index contributed by atoms with van der Waals surface area (Å²) < 4.78 is 1.31. The van der Waals surface area contributed by atoms with Crippen LogP contribution in [0.3, 0.4) is 0 Å². The number of carbonyl (C=O) groups excluding carboxylic acids is 1. The number of nitrogens with zero attached hydrogens (tertiary/aromatic N) is 2. The van der Waals surface area contributed by atoms with Crippen molar-refractivity contribution in [2.45, 2.75) is 38.6 Å². The second-order valence-electron chi connectivity index (χ2n) is 6.83. The number of amides is 1. The molecular formula is C20H22N4O2. The maximum atomic E-state index is 12.5. The highest BCUT2D eigenvalue weighted by Gasteiger charge is 2.21. The van der Waals surface area contributed by atoms with Crippen LogP contribution in [-0.2, 0) is 24.1 Å². The number of nitrogens with one attached hydrogen (secondary N) is 2. The van der Waals surface area contributed by atoms with Gasteiger partial charge in [-0.25, -0.2) is 4.68 Å². The lowest BCUT2D eigenvalue weighted by molar-refractivity contribution is -0.124. The Hall–Kier alpha value is -2.89. The minimum atomic E-state index is -0.614. The van der Waals surface area contributed by atoms with Crippen molar-refractivity contribution >= 4 is 16.8 Å². The van der Waals surface area contributed by atoms with E-state index in [9.17, 15) is 9.59 Å². The van der Waals surface area contributed by atoms with E-state index >= 15 is 0 Å². The minimum absolute atomic E-state index is 0.183. The van der Waals surface area contributed by atoms with Gasteiger partial charge in [-0.1, -0.05) is 18.2 Å². The Morgan fingerprint density at radius 1 is 1.35 bits per heavy atom. The highest BCUT2D eigenvalue weighted by Crippen LogP contribution is 2.19. The number of benzene rings is 1. The molecule has 1 aliphatic rings. The molecule has 0 aliphatic heterocycles. The van der Waals surface area contributed by atoms with Gasteiger partial charge in [0.2, 0.25) is 5.91 Å². The van der Waals surface area contributed by atoms with Crippen molar-refractivity contribution in [1.29, 1.82) is 0 Å². The van der Waals surface area contributed by atoms with Gasteiger partial charge in [-0.15, -0.1) is 0 Å². The Labute approximate surface area is 151 Å². The summed E-state index contributed by atoms with van der Waals surface area (Å²) in [5.41, 5.74) is 4.03. The molecule has 0 spiro atoms. The molecule has 2 N–H and O–H groups in total. The molecule has 4 rings (SSSR count). The van der Waals surface area contributed by atoms with E-state index in [0.717, 1.165) is 42.5 Å². The number of hydrogen-bond acceptors (Lipinski definition) is 3. The zero-order valence-corrected chi connectivity index (χ0v) is 14.8. The molecule has 0 bridgehead atoms. The summed E-state index contributed by atoms with van der Waals surface area (Å²) in [5.74, 6) is -0.183. The molecule has 3 aromatic rings. The van der Waals surface area contributed by atoms with E-state index in [1.165, 1.54) is 15.6 Å². The molecule has 0 radical (unpaired) electrons. The van der Waals surface area contributed by atoms with Gasteiger partial charge < -0.3 is 10.3 Å². The third-order valence-electron chi connectivity index (χ3n) is 5.10. The standard InChI is InChI=1S/C20H22N4O2/c1-13(24-19(25)11-14-5-4-8-17(14)23-24)20(26)21-10-9-15-12-22-18-7-3-2-6-16(15)18/h2-3,6-7,11-13,22H,4-5,8-10H2,1H3,(H,21,26). The van der Waals surface area contributed by atoms with E-state index in [-0.39, 0.29) is 11.5 Å². The Balaban J connectivity index is 1.41. The molecule has 134 valence electrons. The molecule has 0 saturated carbocycles. The van der Waals surface area contributed by atoms with Gasteiger partial charge in [0, 0.05) is 29.7 Å². The van der Waals surface area contributed by atoms with E-state index < -0.39 is 6.04 Å². The number of rotatable bonds is 5. The molecule has 1 unspecified atom stereocenters. The first-order chi connectivity index (χ1) is 12.6. The fourth-order valence-corrected chi connectivity index (χ4v) is 3.61. The van der Waals surface area contributed by atoms with E-state index in [0.29, 0.717) is 6.54 Å². The number of fused-ring (bicyclic) bond motifs is 2. The van der Waals surface area contributed by atoms with Crippen LogP contribution in [0.25, 0.3) is 10.9 Å². The molecule has 2 heterocycles. The second-order valence-corrected chi connectivity index (χ2v) is 6.83. The van der Waals surface area contributed by atoms with Crippen LogP contribution >= 0.6 is 0 Å². The van der Waals surface area contributed by atoms with Gasteiger partial charge in [-0.2, -0.15) is 5.10 Å². The zero-order valence-electron chi connectivity index (χ0n) is 14.8. The third-order valence-corrected chi connectivity index (χ3v) is 5.10. The van der Waals surface area contributed by atoms with Crippen LogP contribution in [0.1, 0.15) is 36.2 Å². The maximum Gasteiger partial charge on any atom is 0.267 e. The second kappa shape index (κ2) is 6.78. The molecule has 1 atom stereocenters. The van der Waals surface area contributed by atoms with Crippen molar-refractivity contribution in [2.24, 2.45) is 0 Å². The summed E-state index contributed by atoms with van der Waals surface area (Å²) in [4.78, 5) is 28.0. The summed E-state index contributed by atoms with van der Waals surface area (Å²) in [5, 5.41) is 8.51. The van der Waals surface area contributed by atoms with Gasteiger partial charge in [0.1, 0.15) is 6.04 Å². The largest absolute Gasteiger partial charge is 0.361 e. The van der Waals surface area contributed by atoms with Crippen molar-refractivity contribution in [1.82, 2.24) is 20.1 Å². The summed E-state index contributed by atoms with van der Waals surface area (Å²) in [6.07, 6.45) is 5.52. The smallest absolute Gasteiger partial charge is 0.267 e. The van der Waals surface area contributed by atoms with Crippen LogP contribution in [0.4, 0.5) is 0 Å². The number of hydrogen-bond donors (Lipinski definition) is 2. The number of H-pyrrole nitrogens is 1. The van der Waals surface area contributed by atoms with Crippen molar-refractivity contribution in [3.8, 4) is 0 Å². The molecule has 1 amide bonds. The third kappa shape index (κ3) is 3.03. The lowest BCUT2D eigenvalue weighted by atomic mass is 10.1. The lowest BCUT2D eigenvalue weighted by Crippen LogP contribution is -2.38. The zero-order chi connectivity index (χ0) is 18.1. The van der Waals surface area contributed by atoms with Gasteiger partial charge in [-0.3, -0.25) is 9.59 Å². The van der Waals surface area contributed by atoms with Crippen molar-refractivity contribution < 1.29 is 4.79 Å². The summed E-state index contributed by atoms with van der Waals surface area (Å²) in [7, 11) is 0. The fourth-order valence-electron chi connectivity index (χ4n) is 3.61. The van der Waals surface area contributed by atoms with Crippen molar-refractivity contribution in [3.63, 3.8) is 0 Å². The van der Waals surface area contributed by atoms with Gasteiger partial charge in [0.25, 0.3) is 5.56 Å². The Kier molecular flexibility index (Phi) is 4.32. The summed E-state index contributed by atoms with van der Waals surface area (Å²) >= 11 is 0. The first kappa shape index (κ1) is 16.6. The average Bonchev–Trinajstić information content (AvgIpc) is 3.27. The predicted molar refractivity (Wildman–Crippen MR) is 100 cm³/mol. The quantitative estimate of drug-likeness (QED) is 0.740. The first-order valence-electron chi connectivity index (χ1n) is 9.08. The summed E-state index contributed by atoms with van der Waals surface area (Å²) in [6, 6.07) is 9.12. The van der Waals surface area contributed by atoms with Crippen molar-refractivity contribution in [3.05, 3.63) is 63.7 Å². The van der Waals surface area contributed by atoms with Gasteiger partial charge in [0.15, 0.2) is 0 Å². The van der Waals surface area contributed by atoms with Crippen LogP contribution in [-0.4, -0.2) is 27.2 Å². The van der Waals surface area contributed by atoms with Crippen LogP contribution in [0.5, 0.6) is 0 Å². The van der Waals surface area contributed by atoms with Crippen LogP contribution in [0.2, 0.25) is 0 Å².